The first kappa shape index (κ1) is 51.3. The van der Waals surface area contributed by atoms with Crippen molar-refractivity contribution >= 4 is 81.6 Å². The van der Waals surface area contributed by atoms with Crippen LogP contribution in [0.4, 0.5) is 4.79 Å². The van der Waals surface area contributed by atoms with Gasteiger partial charge < -0.3 is 24.1 Å². The maximum atomic E-state index is 14.1. The number of likely N-dealkylation sites (tertiary alicyclic amines) is 1. The number of benzene rings is 1. The number of nitrogens with zero attached hydrogens (tertiary/aromatic N) is 6. The molecule has 0 aliphatic carbocycles. The van der Waals surface area contributed by atoms with Crippen molar-refractivity contribution in [2.24, 2.45) is 11.3 Å². The van der Waals surface area contributed by atoms with Crippen LogP contribution in [0.3, 0.4) is 0 Å². The zero-order valence-electron chi connectivity index (χ0n) is 38.9. The molecule has 0 spiro atoms. The van der Waals surface area contributed by atoms with E-state index in [1.54, 1.807) is 48.4 Å². The van der Waals surface area contributed by atoms with Crippen molar-refractivity contribution in [3.63, 3.8) is 0 Å². The summed E-state index contributed by atoms with van der Waals surface area (Å²) in [5.74, 6) is -0.727. The van der Waals surface area contributed by atoms with E-state index < -0.39 is 22.8 Å². The molecule has 3 unspecified atom stereocenters. The van der Waals surface area contributed by atoms with Gasteiger partial charge in [-0.25, -0.2) is 15.2 Å². The Bertz CT molecular complexity index is 2200. The summed E-state index contributed by atoms with van der Waals surface area (Å²) < 4.78 is 20.4. The fourth-order valence-corrected chi connectivity index (χ4v) is 9.82. The maximum absolute atomic E-state index is 14.1. The summed E-state index contributed by atoms with van der Waals surface area (Å²) in [6.45, 7) is 16.1. The van der Waals surface area contributed by atoms with Crippen LogP contribution >= 0.6 is 23.3 Å². The number of ether oxygens (including phenoxy) is 3. The van der Waals surface area contributed by atoms with E-state index in [0.717, 1.165) is 69.5 Å². The van der Waals surface area contributed by atoms with E-state index in [4.69, 9.17) is 24.2 Å². The minimum atomic E-state index is -0.897. The van der Waals surface area contributed by atoms with Gasteiger partial charge in [0, 0.05) is 92.3 Å². The Morgan fingerprint density at radius 2 is 1.91 bits per heavy atom. The number of rotatable bonds is 19. The number of hydrogen-bond donors (Lipinski definition) is 2. The summed E-state index contributed by atoms with van der Waals surface area (Å²) in [5, 5.41) is 7.75. The number of methoxy groups -OCH3 is 1. The summed E-state index contributed by atoms with van der Waals surface area (Å²) in [6.07, 6.45) is 3.48. The van der Waals surface area contributed by atoms with Gasteiger partial charge in [-0.3, -0.25) is 33.6 Å². The van der Waals surface area contributed by atoms with Crippen molar-refractivity contribution in [2.75, 3.05) is 54.0 Å². The fraction of sp³-hybridized carbons (Fsp3) is 0.565. The van der Waals surface area contributed by atoms with Gasteiger partial charge in [-0.05, 0) is 87.9 Å². The second kappa shape index (κ2) is 23.6. The number of aromatic nitrogens is 3. The van der Waals surface area contributed by atoms with Gasteiger partial charge in [0.1, 0.15) is 17.4 Å². The molecule has 1 aromatic carbocycles. The van der Waals surface area contributed by atoms with Gasteiger partial charge in [0.25, 0.3) is 12.4 Å². The van der Waals surface area contributed by atoms with Gasteiger partial charge >= 0.3 is 34.0 Å². The Morgan fingerprint density at radius 1 is 1.16 bits per heavy atom. The van der Waals surface area contributed by atoms with Crippen molar-refractivity contribution in [2.45, 2.75) is 102 Å². The standard InChI is InChI=1S/C45H62N8O7S2.CH3.Sb/c1-10-52-37-16-15-30(20-33(37)34(22-45(5,6)26-59-27-54)40(52)32-14-13-17-46-39(32)29(4)58-9)36-25-61-38(48-36)21-35(43(56)53-19-12-11-18-47-53)49-42(55)41(28(2)3)62-51(8)44(57)60-31-23-50(7)24-31;;/h13-17,20,25,27-29,31,35,41,47H,10-12,18-19,21-24,26H2,1-9H3,(H,49,55);1H3;. The van der Waals surface area contributed by atoms with Crippen molar-refractivity contribution < 1.29 is 33.4 Å². The summed E-state index contributed by atoms with van der Waals surface area (Å²) in [5.41, 5.74) is 9.48. The average molecular weight is 1030 g/mol. The Hall–Kier alpha value is -3.73. The second-order valence-electron chi connectivity index (χ2n) is 17.4. The van der Waals surface area contributed by atoms with Crippen molar-refractivity contribution in [3.05, 3.63) is 58.2 Å². The summed E-state index contributed by atoms with van der Waals surface area (Å²) >= 11 is 4.30. The van der Waals surface area contributed by atoms with Crippen LogP contribution in [0.2, 0.25) is 4.87 Å². The summed E-state index contributed by atoms with van der Waals surface area (Å²) in [4.78, 5) is 66.4. The Labute approximate surface area is 400 Å². The third-order valence-electron chi connectivity index (χ3n) is 11.4. The molecule has 3 aromatic heterocycles. The van der Waals surface area contributed by atoms with Crippen LogP contribution in [-0.2, 0) is 48.0 Å². The number of pyridine rings is 1. The van der Waals surface area contributed by atoms with Gasteiger partial charge in [0.2, 0.25) is 5.91 Å². The Balaban J connectivity index is 0.00000380. The quantitative estimate of drug-likeness (QED) is 0.0582. The molecule has 3 atom stereocenters. The molecule has 15 nitrogen and oxygen atoms in total. The number of thiazole rings is 1. The molecule has 2 saturated heterocycles. The van der Waals surface area contributed by atoms with Gasteiger partial charge in [-0.1, -0.05) is 33.8 Å². The molecule has 4 aromatic rings. The van der Waals surface area contributed by atoms with E-state index in [0.29, 0.717) is 50.6 Å². The Morgan fingerprint density at radius 3 is 2.55 bits per heavy atom. The molecule has 2 aliphatic rings. The van der Waals surface area contributed by atoms with Crippen LogP contribution in [0, 0.1) is 11.3 Å². The van der Waals surface area contributed by atoms with Crippen LogP contribution in [0.1, 0.15) is 76.8 Å². The van der Waals surface area contributed by atoms with Gasteiger partial charge in [-0.15, -0.1) is 11.3 Å². The second-order valence-corrected chi connectivity index (χ2v) is 19.6. The molecule has 64 heavy (non-hydrogen) atoms. The third kappa shape index (κ3) is 12.6. The number of carbonyl (C=O) groups is 4. The van der Waals surface area contributed by atoms with Gasteiger partial charge in [0.05, 0.1) is 34.8 Å². The molecule has 0 bridgehead atoms. The van der Waals surface area contributed by atoms with E-state index in [1.165, 1.54) is 15.6 Å². The molecule has 2 radical (unpaired) electrons. The zero-order valence-corrected chi connectivity index (χ0v) is 43.1. The fourth-order valence-electron chi connectivity index (χ4n) is 8.09. The first-order valence-corrected chi connectivity index (χ1v) is 26.1. The minimum absolute atomic E-state index is 0.153. The number of hydrazine groups is 1. The average Bonchev–Trinajstić information content (AvgIpc) is 3.88. The summed E-state index contributed by atoms with van der Waals surface area (Å²) in [7, 11) is 5.25. The topological polar surface area (TPSA) is 160 Å². The van der Waals surface area contributed by atoms with Crippen molar-refractivity contribution in [1.82, 2.24) is 39.5 Å². The third-order valence-corrected chi connectivity index (χ3v) is 13.7. The van der Waals surface area contributed by atoms with Gasteiger partial charge in [0.15, 0.2) is 0 Å². The summed E-state index contributed by atoms with van der Waals surface area (Å²) in [6, 6.07) is 9.50. The monoisotopic (exact) mass is 1030 g/mol. The molecule has 0 saturated carbocycles. The molecule has 348 valence electrons. The predicted molar refractivity (Wildman–Crippen MR) is 255 cm³/mol. The predicted octanol–water partition coefficient (Wildman–Crippen LogP) is 6.71. The Kier molecular flexibility index (Phi) is 18.9. The van der Waals surface area contributed by atoms with Crippen molar-refractivity contribution in [3.8, 4) is 22.5 Å². The number of amides is 3. The SMILES string of the molecule is CCn1c(-c2cccnc2C(C)OC)c(CC(C)(C)COC=O)c2cc(-c3csc(CC(NC(=O)C(SN(C)C(=O)OC4CN(C)C4)C(C)C)C(=O)N4CCCCN4)n3)ccc21.[CH3][Sb]. The molecule has 2 aliphatic heterocycles. The molecular formula is C46H65N8O7S2Sb. The van der Waals surface area contributed by atoms with Crippen LogP contribution in [-0.4, -0.2) is 148 Å². The number of hydrogen-bond acceptors (Lipinski definition) is 13. The number of fused-ring (bicyclic) bond motifs is 1. The number of aryl methyl sites for hydroxylation is 1. The van der Waals surface area contributed by atoms with E-state index in [-0.39, 0.29) is 43.0 Å². The van der Waals surface area contributed by atoms with E-state index in [1.807, 2.05) is 39.3 Å². The van der Waals surface area contributed by atoms with Crippen LogP contribution in [0.25, 0.3) is 33.4 Å². The molecular weight excluding hydrogens is 962 g/mol. The van der Waals surface area contributed by atoms with Crippen LogP contribution < -0.4 is 10.7 Å². The number of nitrogens with one attached hydrogen (secondary N) is 2. The number of carbonyl (C=O) groups excluding carboxylic acids is 4. The molecule has 2 N–H and O–H groups in total. The number of likely N-dealkylation sites (N-methyl/N-ethyl adjacent to an activating group) is 1. The molecule has 18 heteroatoms. The van der Waals surface area contributed by atoms with Crippen LogP contribution in [0.15, 0.2) is 41.9 Å². The zero-order chi connectivity index (χ0) is 46.7. The first-order valence-electron chi connectivity index (χ1n) is 21.9. The molecule has 3 amide bonds. The van der Waals surface area contributed by atoms with E-state index >= 15 is 0 Å². The molecule has 2 fully saturated rings. The van der Waals surface area contributed by atoms with E-state index in [9.17, 15) is 19.2 Å². The first-order chi connectivity index (χ1) is 30.6. The van der Waals surface area contributed by atoms with Gasteiger partial charge in [-0.2, -0.15) is 0 Å². The van der Waals surface area contributed by atoms with Crippen molar-refractivity contribution in [1.29, 1.82) is 0 Å². The van der Waals surface area contributed by atoms with E-state index in [2.05, 4.69) is 70.1 Å². The van der Waals surface area contributed by atoms with Crippen LogP contribution in [0.5, 0.6) is 0 Å². The molecule has 6 rings (SSSR count). The molecule has 5 heterocycles. The normalized spacial score (nSPS) is 16.0.